The van der Waals surface area contributed by atoms with Gasteiger partial charge in [-0.2, -0.15) is 0 Å². The summed E-state index contributed by atoms with van der Waals surface area (Å²) in [5.74, 6) is -0.662. The molecule has 0 aliphatic rings. The van der Waals surface area contributed by atoms with E-state index in [1.807, 2.05) is 30.3 Å². The van der Waals surface area contributed by atoms with Gasteiger partial charge in [0, 0.05) is 11.1 Å². The van der Waals surface area contributed by atoms with Crippen LogP contribution in [0.1, 0.15) is 12.5 Å². The van der Waals surface area contributed by atoms with Gasteiger partial charge in [0.1, 0.15) is 5.75 Å². The number of carbonyl (C=O) groups excluding carboxylic acids is 2. The molecular weight excluding hydrogens is 363 g/mol. The lowest BCUT2D eigenvalue weighted by Crippen LogP contribution is -2.46. The van der Waals surface area contributed by atoms with Crippen LogP contribution in [0.5, 0.6) is 5.75 Å². The number of amides is 2. The average Bonchev–Trinajstić information content (AvgIpc) is 2.61. The Balaban J connectivity index is 1.82. The molecular formula is C18H16Cl2N2O3. The molecule has 7 heteroatoms. The molecule has 2 rings (SSSR count). The van der Waals surface area contributed by atoms with Crippen LogP contribution in [0.3, 0.4) is 0 Å². The molecule has 0 radical (unpaired) electrons. The van der Waals surface area contributed by atoms with Crippen molar-refractivity contribution in [1.29, 1.82) is 0 Å². The molecule has 1 atom stereocenters. The molecule has 2 N–H and O–H groups in total. The average molecular weight is 379 g/mol. The van der Waals surface area contributed by atoms with Gasteiger partial charge in [-0.1, -0.05) is 53.5 Å². The molecule has 2 aromatic carbocycles. The van der Waals surface area contributed by atoms with Crippen LogP contribution in [-0.2, 0) is 9.59 Å². The summed E-state index contributed by atoms with van der Waals surface area (Å²) in [4.78, 5) is 23.7. The van der Waals surface area contributed by atoms with Crippen LogP contribution in [0.4, 0.5) is 0 Å². The first-order valence-electron chi connectivity index (χ1n) is 7.40. The summed E-state index contributed by atoms with van der Waals surface area (Å²) in [6, 6.07) is 14.0. The Kier molecular flexibility index (Phi) is 6.86. The third-order valence-corrected chi connectivity index (χ3v) is 3.63. The Bertz CT molecular complexity index is 779. The van der Waals surface area contributed by atoms with Crippen molar-refractivity contribution in [3.05, 3.63) is 70.2 Å². The maximum absolute atomic E-state index is 12.0. The molecule has 5 nitrogen and oxygen atoms in total. The van der Waals surface area contributed by atoms with Crippen LogP contribution in [0.2, 0.25) is 10.0 Å². The molecule has 0 spiro atoms. The van der Waals surface area contributed by atoms with E-state index in [9.17, 15) is 9.59 Å². The molecule has 2 aromatic rings. The Morgan fingerprint density at radius 1 is 1.08 bits per heavy atom. The van der Waals surface area contributed by atoms with Crippen molar-refractivity contribution in [2.45, 2.75) is 13.0 Å². The fraction of sp³-hybridized carbons (Fsp3) is 0.111. The Hall–Kier alpha value is -2.50. The minimum atomic E-state index is -0.864. The smallest absolute Gasteiger partial charge is 0.279 e. The molecule has 25 heavy (non-hydrogen) atoms. The van der Waals surface area contributed by atoms with Crippen LogP contribution in [0, 0.1) is 0 Å². The van der Waals surface area contributed by atoms with Gasteiger partial charge in [-0.15, -0.1) is 0 Å². The fourth-order valence-corrected chi connectivity index (χ4v) is 2.27. The number of hydrogen-bond donors (Lipinski definition) is 2. The third kappa shape index (κ3) is 6.14. The van der Waals surface area contributed by atoms with Crippen LogP contribution < -0.4 is 15.6 Å². The predicted octanol–water partition coefficient (Wildman–Crippen LogP) is 3.62. The van der Waals surface area contributed by atoms with Crippen LogP contribution in [0.15, 0.2) is 54.6 Å². The minimum absolute atomic E-state index is 0.294. The molecule has 0 saturated heterocycles. The molecule has 0 bridgehead atoms. The standard InChI is InChI=1S/C18H16Cl2N2O3/c1-12(25-16-9-8-14(19)11-15(16)20)18(24)22-21-17(23)10-7-13-5-3-2-4-6-13/h2-12H,1H3,(H,21,23)(H,22,24)/b10-7+. The Morgan fingerprint density at radius 3 is 2.48 bits per heavy atom. The lowest BCUT2D eigenvalue weighted by atomic mass is 10.2. The summed E-state index contributed by atoms with van der Waals surface area (Å²) >= 11 is 11.8. The van der Waals surface area contributed by atoms with Crippen LogP contribution in [0.25, 0.3) is 6.08 Å². The van der Waals surface area contributed by atoms with E-state index in [-0.39, 0.29) is 0 Å². The van der Waals surface area contributed by atoms with Crippen molar-refractivity contribution in [2.75, 3.05) is 0 Å². The van der Waals surface area contributed by atoms with Gasteiger partial charge < -0.3 is 4.74 Å². The van der Waals surface area contributed by atoms with Crippen LogP contribution in [-0.4, -0.2) is 17.9 Å². The van der Waals surface area contributed by atoms with Gasteiger partial charge in [-0.05, 0) is 36.8 Å². The number of nitrogens with one attached hydrogen (secondary N) is 2. The van der Waals surface area contributed by atoms with E-state index in [0.29, 0.717) is 15.8 Å². The first-order chi connectivity index (χ1) is 12.0. The van der Waals surface area contributed by atoms with E-state index in [0.717, 1.165) is 5.56 Å². The SMILES string of the molecule is CC(Oc1ccc(Cl)cc1Cl)C(=O)NNC(=O)/C=C/c1ccccc1. The summed E-state index contributed by atoms with van der Waals surface area (Å²) in [7, 11) is 0. The molecule has 0 aliphatic heterocycles. The second kappa shape index (κ2) is 9.11. The van der Waals surface area contributed by atoms with E-state index < -0.39 is 17.9 Å². The molecule has 0 saturated carbocycles. The summed E-state index contributed by atoms with van der Waals surface area (Å²) in [6.45, 7) is 1.53. The molecule has 0 heterocycles. The highest BCUT2D eigenvalue weighted by Gasteiger charge is 2.16. The second-order valence-electron chi connectivity index (χ2n) is 5.06. The van der Waals surface area contributed by atoms with Crippen molar-refractivity contribution >= 4 is 41.1 Å². The van der Waals surface area contributed by atoms with Crippen LogP contribution >= 0.6 is 23.2 Å². The number of hydrogen-bond acceptors (Lipinski definition) is 3. The normalized spacial score (nSPS) is 11.8. The zero-order valence-corrected chi connectivity index (χ0v) is 14.8. The lowest BCUT2D eigenvalue weighted by molar-refractivity contribution is -0.131. The monoisotopic (exact) mass is 378 g/mol. The Labute approximate surface area is 155 Å². The van der Waals surface area contributed by atoms with E-state index >= 15 is 0 Å². The first kappa shape index (κ1) is 18.8. The first-order valence-corrected chi connectivity index (χ1v) is 8.16. The quantitative estimate of drug-likeness (QED) is 0.616. The summed E-state index contributed by atoms with van der Waals surface area (Å²) in [5.41, 5.74) is 5.44. The summed E-state index contributed by atoms with van der Waals surface area (Å²) in [6.07, 6.45) is 2.09. The van der Waals surface area contributed by atoms with Gasteiger partial charge in [-0.3, -0.25) is 20.4 Å². The minimum Gasteiger partial charge on any atom is -0.479 e. The maximum atomic E-state index is 12.0. The topological polar surface area (TPSA) is 67.4 Å². The summed E-state index contributed by atoms with van der Waals surface area (Å²) in [5, 5.41) is 0.758. The van der Waals surface area contributed by atoms with Crippen molar-refractivity contribution in [2.24, 2.45) is 0 Å². The largest absolute Gasteiger partial charge is 0.479 e. The molecule has 0 aromatic heterocycles. The zero-order chi connectivity index (χ0) is 18.2. The number of hydrazine groups is 1. The van der Waals surface area contributed by atoms with E-state index in [1.165, 1.54) is 19.1 Å². The number of benzene rings is 2. The van der Waals surface area contributed by atoms with E-state index in [4.69, 9.17) is 27.9 Å². The van der Waals surface area contributed by atoms with Gasteiger partial charge in [0.2, 0.25) is 0 Å². The van der Waals surface area contributed by atoms with Crippen molar-refractivity contribution < 1.29 is 14.3 Å². The van der Waals surface area contributed by atoms with Gasteiger partial charge in [-0.25, -0.2) is 0 Å². The highest BCUT2D eigenvalue weighted by molar-refractivity contribution is 6.35. The molecule has 0 fully saturated rings. The van der Waals surface area contributed by atoms with Gasteiger partial charge in [0.25, 0.3) is 11.8 Å². The number of halogens is 2. The molecule has 0 aliphatic carbocycles. The zero-order valence-electron chi connectivity index (χ0n) is 13.3. The lowest BCUT2D eigenvalue weighted by Gasteiger charge is -2.15. The number of ether oxygens (including phenoxy) is 1. The highest BCUT2D eigenvalue weighted by Crippen LogP contribution is 2.28. The van der Waals surface area contributed by atoms with Gasteiger partial charge >= 0.3 is 0 Å². The van der Waals surface area contributed by atoms with E-state index in [1.54, 1.807) is 18.2 Å². The van der Waals surface area contributed by atoms with Crippen molar-refractivity contribution in [3.63, 3.8) is 0 Å². The Morgan fingerprint density at radius 2 is 1.80 bits per heavy atom. The molecule has 130 valence electrons. The molecule has 2 amide bonds. The van der Waals surface area contributed by atoms with Gasteiger partial charge in [0.15, 0.2) is 6.10 Å². The number of rotatable bonds is 5. The van der Waals surface area contributed by atoms with E-state index in [2.05, 4.69) is 10.9 Å². The van der Waals surface area contributed by atoms with Crippen molar-refractivity contribution in [3.8, 4) is 5.75 Å². The number of carbonyl (C=O) groups is 2. The summed E-state index contributed by atoms with van der Waals surface area (Å²) < 4.78 is 5.45. The van der Waals surface area contributed by atoms with Gasteiger partial charge in [0.05, 0.1) is 5.02 Å². The highest BCUT2D eigenvalue weighted by atomic mass is 35.5. The second-order valence-corrected chi connectivity index (χ2v) is 5.90. The maximum Gasteiger partial charge on any atom is 0.279 e. The van der Waals surface area contributed by atoms with Crippen molar-refractivity contribution in [1.82, 2.24) is 10.9 Å². The third-order valence-electron chi connectivity index (χ3n) is 3.10. The predicted molar refractivity (Wildman–Crippen MR) is 98.3 cm³/mol. The molecule has 1 unspecified atom stereocenters. The fourth-order valence-electron chi connectivity index (χ4n) is 1.82.